The molecule has 0 bridgehead atoms. The van der Waals surface area contributed by atoms with Crippen molar-refractivity contribution in [2.45, 2.75) is 32.2 Å². The van der Waals surface area contributed by atoms with Crippen LogP contribution in [0.2, 0.25) is 0 Å². The van der Waals surface area contributed by atoms with Crippen LogP contribution in [0.5, 0.6) is 0 Å². The van der Waals surface area contributed by atoms with Crippen molar-refractivity contribution >= 4 is 29.9 Å². The van der Waals surface area contributed by atoms with Gasteiger partial charge < -0.3 is 19.8 Å². The van der Waals surface area contributed by atoms with Crippen molar-refractivity contribution in [3.8, 4) is 0 Å². The smallest absolute Gasteiger partial charge is 0.191 e. The van der Waals surface area contributed by atoms with E-state index >= 15 is 0 Å². The van der Waals surface area contributed by atoms with Crippen LogP contribution in [0.25, 0.3) is 0 Å². The summed E-state index contributed by atoms with van der Waals surface area (Å²) < 4.78 is 10.9. The first-order valence-electron chi connectivity index (χ1n) is 8.48. The van der Waals surface area contributed by atoms with Gasteiger partial charge in [-0.05, 0) is 51.4 Å². The number of aliphatic imine (C=N–C) groups is 1. The predicted octanol–water partition coefficient (Wildman–Crippen LogP) is 2.54. The Morgan fingerprint density at radius 2 is 2.08 bits per heavy atom. The second-order valence-electron chi connectivity index (χ2n) is 5.93. The number of aryl methyl sites for hydroxylation is 1. The Balaban J connectivity index is 0.00000288. The highest BCUT2D eigenvalue weighted by Crippen LogP contribution is 2.26. The van der Waals surface area contributed by atoms with E-state index in [4.69, 9.17) is 9.15 Å². The maximum absolute atomic E-state index is 5.88. The minimum Gasteiger partial charge on any atom is -0.465 e. The van der Waals surface area contributed by atoms with Crippen molar-refractivity contribution in [2.75, 3.05) is 46.9 Å². The summed E-state index contributed by atoms with van der Waals surface area (Å²) in [5.74, 6) is 2.83. The summed E-state index contributed by atoms with van der Waals surface area (Å²) in [6, 6.07) is 4.38. The van der Waals surface area contributed by atoms with Crippen molar-refractivity contribution in [3.05, 3.63) is 23.7 Å². The molecule has 1 aliphatic heterocycles. The second kappa shape index (κ2) is 11.7. The summed E-state index contributed by atoms with van der Waals surface area (Å²) in [4.78, 5) is 6.78. The molecule has 24 heavy (non-hydrogen) atoms. The first-order chi connectivity index (χ1) is 11.2. The maximum atomic E-state index is 5.88. The highest BCUT2D eigenvalue weighted by atomic mass is 127. The highest BCUT2D eigenvalue weighted by molar-refractivity contribution is 14.0. The summed E-state index contributed by atoms with van der Waals surface area (Å²) in [7, 11) is 3.52. The molecule has 2 rings (SSSR count). The Labute approximate surface area is 162 Å². The Bertz CT molecular complexity index is 487. The largest absolute Gasteiger partial charge is 0.465 e. The van der Waals surface area contributed by atoms with Crippen molar-refractivity contribution in [3.63, 3.8) is 0 Å². The molecule has 0 aromatic carbocycles. The lowest BCUT2D eigenvalue weighted by Crippen LogP contribution is -2.43. The van der Waals surface area contributed by atoms with Gasteiger partial charge in [0.25, 0.3) is 0 Å². The highest BCUT2D eigenvalue weighted by Gasteiger charge is 2.26. The molecule has 1 unspecified atom stereocenters. The van der Waals surface area contributed by atoms with Gasteiger partial charge in [-0.2, -0.15) is 0 Å². The van der Waals surface area contributed by atoms with E-state index in [1.807, 2.05) is 13.0 Å². The molecule has 2 heterocycles. The number of guanidine groups is 1. The molecule has 0 aliphatic carbocycles. The lowest BCUT2D eigenvalue weighted by atomic mass is 10.2. The molecule has 7 heteroatoms. The molecule has 0 amide bonds. The number of nitrogens with one attached hydrogen (secondary N) is 2. The third kappa shape index (κ3) is 6.60. The quantitative estimate of drug-likeness (QED) is 0.276. The molecule has 1 atom stereocenters. The van der Waals surface area contributed by atoms with E-state index in [1.54, 1.807) is 14.2 Å². The average Bonchev–Trinajstić information content (AvgIpc) is 3.22. The summed E-state index contributed by atoms with van der Waals surface area (Å²) in [5, 5.41) is 6.74. The van der Waals surface area contributed by atoms with Crippen molar-refractivity contribution < 1.29 is 9.15 Å². The molecule has 1 fully saturated rings. The molecule has 0 radical (unpaired) electrons. The molecule has 0 saturated carbocycles. The summed E-state index contributed by atoms with van der Waals surface area (Å²) in [6.07, 6.45) is 3.49. The predicted molar refractivity (Wildman–Crippen MR) is 108 cm³/mol. The van der Waals surface area contributed by atoms with Gasteiger partial charge in [-0.15, -0.1) is 24.0 Å². The molecule has 6 nitrogen and oxygen atoms in total. The third-order valence-electron chi connectivity index (χ3n) is 4.18. The molecular weight excluding hydrogens is 419 g/mol. The first kappa shape index (κ1) is 21.2. The Kier molecular flexibility index (Phi) is 10.4. The third-order valence-corrected chi connectivity index (χ3v) is 4.18. The van der Waals surface area contributed by atoms with E-state index in [0.29, 0.717) is 0 Å². The fourth-order valence-electron chi connectivity index (χ4n) is 2.93. The van der Waals surface area contributed by atoms with E-state index in [0.717, 1.165) is 56.7 Å². The number of furan rings is 1. The van der Waals surface area contributed by atoms with Crippen molar-refractivity contribution in [1.29, 1.82) is 0 Å². The fourth-order valence-corrected chi connectivity index (χ4v) is 2.93. The minimum absolute atomic E-state index is 0. The Morgan fingerprint density at radius 1 is 1.33 bits per heavy atom. The Morgan fingerprint density at radius 3 is 2.67 bits per heavy atom. The summed E-state index contributed by atoms with van der Waals surface area (Å²) >= 11 is 0. The van der Waals surface area contributed by atoms with Gasteiger partial charge in [0.15, 0.2) is 5.96 Å². The number of halogens is 1. The van der Waals surface area contributed by atoms with E-state index in [1.165, 1.54) is 12.8 Å². The Hall–Kier alpha value is -0.800. The zero-order valence-electron chi connectivity index (χ0n) is 15.0. The zero-order chi connectivity index (χ0) is 16.5. The number of likely N-dealkylation sites (tertiary alicyclic amines) is 1. The van der Waals surface area contributed by atoms with Crippen LogP contribution in [0, 0.1) is 6.92 Å². The van der Waals surface area contributed by atoms with Gasteiger partial charge >= 0.3 is 0 Å². The zero-order valence-corrected chi connectivity index (χ0v) is 17.3. The average molecular weight is 450 g/mol. The second-order valence-corrected chi connectivity index (χ2v) is 5.93. The molecule has 1 saturated heterocycles. The van der Waals surface area contributed by atoms with Gasteiger partial charge in [0.1, 0.15) is 11.5 Å². The molecule has 1 aromatic heterocycles. The van der Waals surface area contributed by atoms with Crippen LogP contribution in [0.4, 0.5) is 0 Å². The van der Waals surface area contributed by atoms with Crippen LogP contribution in [0.15, 0.2) is 21.5 Å². The van der Waals surface area contributed by atoms with E-state index < -0.39 is 0 Å². The van der Waals surface area contributed by atoms with Crippen LogP contribution < -0.4 is 10.6 Å². The van der Waals surface area contributed by atoms with Crippen molar-refractivity contribution in [1.82, 2.24) is 15.5 Å². The molecule has 2 N–H and O–H groups in total. The first-order valence-corrected chi connectivity index (χ1v) is 8.48. The molecule has 1 aliphatic rings. The summed E-state index contributed by atoms with van der Waals surface area (Å²) in [5.41, 5.74) is 0. The number of hydrogen-bond donors (Lipinski definition) is 2. The van der Waals surface area contributed by atoms with Gasteiger partial charge in [-0.3, -0.25) is 9.89 Å². The SMILES string of the molecule is CN=C(NCCCOC)NCC(c1ccc(C)o1)N1CCCC1.I. The van der Waals surface area contributed by atoms with Crippen LogP contribution in [0.3, 0.4) is 0 Å². The van der Waals surface area contributed by atoms with Crippen LogP contribution in [-0.4, -0.2) is 57.8 Å². The van der Waals surface area contributed by atoms with Crippen molar-refractivity contribution in [2.24, 2.45) is 4.99 Å². The number of hydrogen-bond acceptors (Lipinski definition) is 4. The normalized spacial score (nSPS) is 16.7. The molecular formula is C17H31IN4O2. The van der Waals surface area contributed by atoms with Gasteiger partial charge in [0.2, 0.25) is 0 Å². The number of ether oxygens (including phenoxy) is 1. The lowest BCUT2D eigenvalue weighted by Gasteiger charge is -2.26. The van der Waals surface area contributed by atoms with Crippen LogP contribution in [0.1, 0.15) is 36.8 Å². The van der Waals surface area contributed by atoms with E-state index in [9.17, 15) is 0 Å². The molecule has 0 spiro atoms. The number of methoxy groups -OCH3 is 1. The fraction of sp³-hybridized carbons (Fsp3) is 0.706. The van der Waals surface area contributed by atoms with Crippen LogP contribution in [-0.2, 0) is 4.74 Å². The van der Waals surface area contributed by atoms with Gasteiger partial charge in [-0.25, -0.2) is 0 Å². The topological polar surface area (TPSA) is 62.0 Å². The van der Waals surface area contributed by atoms with E-state index in [2.05, 4.69) is 26.6 Å². The van der Waals surface area contributed by atoms with E-state index in [-0.39, 0.29) is 30.0 Å². The summed E-state index contributed by atoms with van der Waals surface area (Å²) in [6.45, 7) is 6.65. The monoisotopic (exact) mass is 450 g/mol. The molecule has 1 aromatic rings. The lowest BCUT2D eigenvalue weighted by molar-refractivity contribution is 0.195. The minimum atomic E-state index is 0. The van der Waals surface area contributed by atoms with Crippen LogP contribution >= 0.6 is 24.0 Å². The maximum Gasteiger partial charge on any atom is 0.191 e. The number of nitrogens with zero attached hydrogens (tertiary/aromatic N) is 2. The standard InChI is InChI=1S/C17H30N4O2.HI/c1-14-7-8-16(23-14)15(21-10-4-5-11-21)13-20-17(18-2)19-9-6-12-22-3;/h7-8,15H,4-6,9-13H2,1-3H3,(H2,18,19,20);1H. The van der Waals surface area contributed by atoms with Gasteiger partial charge in [-0.1, -0.05) is 0 Å². The molecule has 138 valence electrons. The number of rotatable bonds is 8. The van der Waals surface area contributed by atoms with Gasteiger partial charge in [0.05, 0.1) is 6.04 Å². The van der Waals surface area contributed by atoms with Gasteiger partial charge in [0, 0.05) is 33.9 Å².